The van der Waals surface area contributed by atoms with Gasteiger partial charge >= 0.3 is 0 Å². The maximum atomic E-state index is 13.0. The van der Waals surface area contributed by atoms with Crippen molar-refractivity contribution in [2.45, 2.75) is 45.8 Å². The van der Waals surface area contributed by atoms with E-state index in [9.17, 15) is 4.79 Å². The summed E-state index contributed by atoms with van der Waals surface area (Å²) in [6.07, 6.45) is 1.04. The van der Waals surface area contributed by atoms with E-state index in [2.05, 4.69) is 28.3 Å². The van der Waals surface area contributed by atoms with Crippen molar-refractivity contribution >= 4 is 16.9 Å². The highest BCUT2D eigenvalue weighted by molar-refractivity contribution is 5.94. The van der Waals surface area contributed by atoms with Crippen LogP contribution in [0.3, 0.4) is 0 Å². The first kappa shape index (κ1) is 21.4. The van der Waals surface area contributed by atoms with Gasteiger partial charge in [0.05, 0.1) is 18.1 Å². The van der Waals surface area contributed by atoms with Gasteiger partial charge in [-0.15, -0.1) is 0 Å². The van der Waals surface area contributed by atoms with Gasteiger partial charge in [-0.3, -0.25) is 9.69 Å². The molecule has 1 aliphatic rings. The van der Waals surface area contributed by atoms with Gasteiger partial charge in [-0.2, -0.15) is 0 Å². The van der Waals surface area contributed by atoms with E-state index in [0.29, 0.717) is 12.6 Å². The van der Waals surface area contributed by atoms with Crippen LogP contribution in [0.25, 0.3) is 11.0 Å². The molecule has 0 radical (unpaired) electrons. The molecule has 164 valence electrons. The third kappa shape index (κ3) is 4.30. The molecule has 6 nitrogen and oxygen atoms in total. The highest BCUT2D eigenvalue weighted by Gasteiger charge is 2.29. The van der Waals surface area contributed by atoms with Gasteiger partial charge < -0.3 is 14.2 Å². The van der Waals surface area contributed by atoms with E-state index in [4.69, 9.17) is 4.74 Å². The molecule has 1 atom stereocenters. The van der Waals surface area contributed by atoms with Gasteiger partial charge in [0.2, 0.25) is 0 Å². The van der Waals surface area contributed by atoms with Crippen molar-refractivity contribution in [3.8, 4) is 5.75 Å². The van der Waals surface area contributed by atoms with E-state index < -0.39 is 0 Å². The van der Waals surface area contributed by atoms with Gasteiger partial charge in [0.1, 0.15) is 11.6 Å². The summed E-state index contributed by atoms with van der Waals surface area (Å²) in [5.74, 6) is 1.87. The molecular formula is C25H32N4O2. The van der Waals surface area contributed by atoms with E-state index in [0.717, 1.165) is 53.2 Å². The summed E-state index contributed by atoms with van der Waals surface area (Å²) in [5, 5.41) is 0. The Labute approximate surface area is 184 Å². The van der Waals surface area contributed by atoms with E-state index in [1.54, 1.807) is 7.11 Å². The number of imidazole rings is 1. The number of amides is 1. The maximum Gasteiger partial charge on any atom is 0.253 e. The number of rotatable bonds is 6. The molecule has 1 fully saturated rings. The molecule has 31 heavy (non-hydrogen) atoms. The number of nitrogens with zero attached hydrogens (tertiary/aromatic N) is 4. The zero-order valence-electron chi connectivity index (χ0n) is 19.1. The van der Waals surface area contributed by atoms with E-state index in [1.165, 1.54) is 0 Å². The van der Waals surface area contributed by atoms with Crippen LogP contribution in [0.5, 0.6) is 5.75 Å². The molecule has 4 rings (SSSR count). The normalized spacial score (nSPS) is 16.9. The molecule has 0 bridgehead atoms. The number of hydrogen-bond donors (Lipinski definition) is 0. The Hall–Kier alpha value is -2.86. The standard InChI is InChI=1S/C25H32N4O2/c1-17(2)28-13-12-21(16-28)27(4)25(30)20-8-6-19(7-9-20)15-29-18(3)26-23-11-10-22(31-5)14-24(23)29/h6-11,14,17,21H,12-13,15-16H2,1-5H3/t21-/m1/s1. The lowest BCUT2D eigenvalue weighted by Crippen LogP contribution is -2.40. The lowest BCUT2D eigenvalue weighted by atomic mass is 10.1. The zero-order valence-corrected chi connectivity index (χ0v) is 19.1. The molecule has 6 heteroatoms. The van der Waals surface area contributed by atoms with Crippen LogP contribution < -0.4 is 4.74 Å². The second kappa shape index (κ2) is 8.71. The second-order valence-electron chi connectivity index (χ2n) is 8.74. The third-order valence-corrected chi connectivity index (χ3v) is 6.48. The SMILES string of the molecule is COc1ccc2nc(C)n(Cc3ccc(C(=O)N(C)[C@@H]4CCN(C(C)C)C4)cc3)c2c1. The third-order valence-electron chi connectivity index (χ3n) is 6.48. The van der Waals surface area contributed by atoms with E-state index >= 15 is 0 Å². The van der Waals surface area contributed by atoms with Gasteiger partial charge in [-0.05, 0) is 57.0 Å². The molecular weight excluding hydrogens is 388 g/mol. The largest absolute Gasteiger partial charge is 0.497 e. The van der Waals surface area contributed by atoms with Crippen molar-refractivity contribution in [3.63, 3.8) is 0 Å². The van der Waals surface area contributed by atoms with Gasteiger partial charge in [-0.1, -0.05) is 12.1 Å². The Bertz CT molecular complexity index is 1070. The molecule has 1 saturated heterocycles. The molecule has 0 N–H and O–H groups in total. The molecule has 1 aromatic heterocycles. The first-order valence-corrected chi connectivity index (χ1v) is 11.0. The topological polar surface area (TPSA) is 50.6 Å². The summed E-state index contributed by atoms with van der Waals surface area (Å²) in [4.78, 5) is 22.0. The number of likely N-dealkylation sites (N-methyl/N-ethyl adjacent to an activating group) is 1. The zero-order chi connectivity index (χ0) is 22.1. The molecule has 0 unspecified atom stereocenters. The van der Waals surface area contributed by atoms with Gasteiger partial charge in [-0.25, -0.2) is 4.98 Å². The number of aryl methyl sites for hydroxylation is 1. The average molecular weight is 421 g/mol. The molecule has 1 amide bonds. The molecule has 2 aromatic carbocycles. The van der Waals surface area contributed by atoms with Crippen LogP contribution in [-0.4, -0.2) is 64.6 Å². The number of fused-ring (bicyclic) bond motifs is 1. The predicted octanol–water partition coefficient (Wildman–Crippen LogP) is 3.96. The van der Waals surface area contributed by atoms with Crippen LogP contribution in [0.1, 0.15) is 42.0 Å². The minimum Gasteiger partial charge on any atom is -0.497 e. The summed E-state index contributed by atoms with van der Waals surface area (Å²) < 4.78 is 7.56. The Morgan fingerprint density at radius 3 is 2.61 bits per heavy atom. The van der Waals surface area contributed by atoms with Crippen molar-refractivity contribution in [1.82, 2.24) is 19.4 Å². The Kier molecular flexibility index (Phi) is 6.01. The van der Waals surface area contributed by atoms with Gasteiger partial charge in [0.25, 0.3) is 5.91 Å². The lowest BCUT2D eigenvalue weighted by molar-refractivity contribution is 0.0732. The summed E-state index contributed by atoms with van der Waals surface area (Å²) in [7, 11) is 3.60. The molecule has 0 saturated carbocycles. The van der Waals surface area contributed by atoms with Crippen LogP contribution >= 0.6 is 0 Å². The monoisotopic (exact) mass is 420 g/mol. The van der Waals surface area contributed by atoms with Crippen LogP contribution in [0.15, 0.2) is 42.5 Å². The highest BCUT2D eigenvalue weighted by Crippen LogP contribution is 2.23. The summed E-state index contributed by atoms with van der Waals surface area (Å²) in [5.41, 5.74) is 3.88. The lowest BCUT2D eigenvalue weighted by Gasteiger charge is -2.26. The Morgan fingerprint density at radius 2 is 1.97 bits per heavy atom. The number of likely N-dealkylation sites (tertiary alicyclic amines) is 1. The second-order valence-corrected chi connectivity index (χ2v) is 8.74. The minimum absolute atomic E-state index is 0.0937. The van der Waals surface area contributed by atoms with Crippen molar-refractivity contribution in [1.29, 1.82) is 0 Å². The first-order chi connectivity index (χ1) is 14.9. The maximum absolute atomic E-state index is 13.0. The number of benzene rings is 2. The number of carbonyl (C=O) groups is 1. The fraction of sp³-hybridized carbons (Fsp3) is 0.440. The number of ether oxygens (including phenoxy) is 1. The number of carbonyl (C=O) groups excluding carboxylic acids is 1. The molecule has 0 aliphatic carbocycles. The Balaban J connectivity index is 1.48. The van der Waals surface area contributed by atoms with Crippen molar-refractivity contribution in [2.75, 3.05) is 27.2 Å². The van der Waals surface area contributed by atoms with Crippen LogP contribution in [0.2, 0.25) is 0 Å². The number of methoxy groups -OCH3 is 1. The molecule has 3 aromatic rings. The molecule has 1 aliphatic heterocycles. The van der Waals surface area contributed by atoms with E-state index in [-0.39, 0.29) is 11.9 Å². The highest BCUT2D eigenvalue weighted by atomic mass is 16.5. The Morgan fingerprint density at radius 1 is 1.23 bits per heavy atom. The fourth-order valence-corrected chi connectivity index (χ4v) is 4.41. The fourth-order valence-electron chi connectivity index (χ4n) is 4.41. The van der Waals surface area contributed by atoms with Crippen LogP contribution in [0, 0.1) is 6.92 Å². The summed E-state index contributed by atoms with van der Waals surface area (Å²) in [6, 6.07) is 14.7. The summed E-state index contributed by atoms with van der Waals surface area (Å²) >= 11 is 0. The van der Waals surface area contributed by atoms with Crippen molar-refractivity contribution in [2.24, 2.45) is 0 Å². The number of aromatic nitrogens is 2. The number of hydrogen-bond acceptors (Lipinski definition) is 4. The minimum atomic E-state index is 0.0937. The first-order valence-electron chi connectivity index (χ1n) is 11.0. The summed E-state index contributed by atoms with van der Waals surface area (Å²) in [6.45, 7) is 9.15. The van der Waals surface area contributed by atoms with Gasteiger partial charge in [0, 0.05) is 50.4 Å². The van der Waals surface area contributed by atoms with E-state index in [1.807, 2.05) is 61.3 Å². The average Bonchev–Trinajstić information content (AvgIpc) is 3.38. The molecule has 0 spiro atoms. The molecule has 2 heterocycles. The van der Waals surface area contributed by atoms with Gasteiger partial charge in [0.15, 0.2) is 0 Å². The van der Waals surface area contributed by atoms with Crippen molar-refractivity contribution in [3.05, 3.63) is 59.4 Å². The van der Waals surface area contributed by atoms with Crippen LogP contribution in [0.4, 0.5) is 0 Å². The van der Waals surface area contributed by atoms with Crippen molar-refractivity contribution < 1.29 is 9.53 Å². The predicted molar refractivity (Wildman–Crippen MR) is 124 cm³/mol. The smallest absolute Gasteiger partial charge is 0.253 e. The quantitative estimate of drug-likeness (QED) is 0.606. The van der Waals surface area contributed by atoms with Crippen LogP contribution in [-0.2, 0) is 6.54 Å².